The Hall–Kier alpha value is -1.44. The van der Waals surface area contributed by atoms with Gasteiger partial charge < -0.3 is 9.59 Å². The first kappa shape index (κ1) is 9.65. The second kappa shape index (κ2) is 4.55. The predicted molar refractivity (Wildman–Crippen MR) is 50.7 cm³/mol. The standard InChI is InChI=1S/C11H12O2/c1-2-9-3-5-10(6-4-9)11(7-12)8-13/h3-8,11H,2H2,1H3. The summed E-state index contributed by atoms with van der Waals surface area (Å²) in [5.74, 6) is -0.606. The molecule has 2 nitrogen and oxygen atoms in total. The van der Waals surface area contributed by atoms with E-state index in [0.29, 0.717) is 12.6 Å². The van der Waals surface area contributed by atoms with Crippen molar-refractivity contribution >= 4 is 12.6 Å². The number of hydrogen-bond acceptors (Lipinski definition) is 2. The summed E-state index contributed by atoms with van der Waals surface area (Å²) in [6.45, 7) is 2.06. The van der Waals surface area contributed by atoms with E-state index in [1.54, 1.807) is 0 Å². The summed E-state index contributed by atoms with van der Waals surface area (Å²) in [6.07, 6.45) is 2.29. The zero-order chi connectivity index (χ0) is 9.68. The van der Waals surface area contributed by atoms with E-state index in [-0.39, 0.29) is 0 Å². The average Bonchev–Trinajstić information content (AvgIpc) is 2.21. The Balaban J connectivity index is 2.90. The van der Waals surface area contributed by atoms with Gasteiger partial charge in [-0.05, 0) is 17.5 Å². The van der Waals surface area contributed by atoms with Gasteiger partial charge in [0.25, 0.3) is 0 Å². The Kier molecular flexibility index (Phi) is 3.38. The van der Waals surface area contributed by atoms with E-state index < -0.39 is 5.92 Å². The molecule has 0 amide bonds. The molecule has 0 aliphatic rings. The lowest BCUT2D eigenvalue weighted by Gasteiger charge is -2.03. The first-order valence-electron chi connectivity index (χ1n) is 4.31. The molecule has 68 valence electrons. The highest BCUT2D eigenvalue weighted by Gasteiger charge is 2.07. The third kappa shape index (κ3) is 2.25. The number of benzene rings is 1. The number of rotatable bonds is 4. The van der Waals surface area contributed by atoms with Gasteiger partial charge >= 0.3 is 0 Å². The highest BCUT2D eigenvalue weighted by Crippen LogP contribution is 2.12. The van der Waals surface area contributed by atoms with E-state index in [0.717, 1.165) is 12.0 Å². The zero-order valence-corrected chi connectivity index (χ0v) is 7.57. The fourth-order valence-corrected chi connectivity index (χ4v) is 1.16. The lowest BCUT2D eigenvalue weighted by molar-refractivity contribution is -0.116. The SMILES string of the molecule is CCc1ccc(C(C=O)C=O)cc1. The number of carbonyl (C=O) groups excluding carboxylic acids is 2. The molecule has 0 aromatic heterocycles. The van der Waals surface area contributed by atoms with E-state index in [2.05, 4.69) is 6.92 Å². The fraction of sp³-hybridized carbons (Fsp3) is 0.273. The molecule has 1 aromatic carbocycles. The van der Waals surface area contributed by atoms with Gasteiger partial charge in [0.2, 0.25) is 0 Å². The summed E-state index contributed by atoms with van der Waals surface area (Å²) in [5.41, 5.74) is 1.97. The van der Waals surface area contributed by atoms with Crippen LogP contribution >= 0.6 is 0 Å². The second-order valence-electron chi connectivity index (χ2n) is 2.89. The molecule has 0 N–H and O–H groups in total. The fourth-order valence-electron chi connectivity index (χ4n) is 1.16. The Morgan fingerprint density at radius 1 is 1.15 bits per heavy atom. The average molecular weight is 176 g/mol. The summed E-state index contributed by atoms with van der Waals surface area (Å²) in [6, 6.07) is 7.53. The Morgan fingerprint density at radius 2 is 1.69 bits per heavy atom. The minimum atomic E-state index is -0.606. The molecule has 0 fully saturated rings. The van der Waals surface area contributed by atoms with Gasteiger partial charge in [0.05, 0.1) is 5.92 Å². The van der Waals surface area contributed by atoms with Crippen molar-refractivity contribution in [2.24, 2.45) is 0 Å². The van der Waals surface area contributed by atoms with E-state index in [4.69, 9.17) is 0 Å². The van der Waals surface area contributed by atoms with Crippen LogP contribution in [0.15, 0.2) is 24.3 Å². The molecule has 13 heavy (non-hydrogen) atoms. The Labute approximate surface area is 77.6 Å². The molecule has 1 aromatic rings. The lowest BCUT2D eigenvalue weighted by atomic mass is 10.0. The van der Waals surface area contributed by atoms with Crippen molar-refractivity contribution < 1.29 is 9.59 Å². The van der Waals surface area contributed by atoms with E-state index in [1.807, 2.05) is 24.3 Å². The predicted octanol–water partition coefficient (Wildman–Crippen LogP) is 1.73. The molecule has 0 spiro atoms. The summed E-state index contributed by atoms with van der Waals surface area (Å²) in [7, 11) is 0. The summed E-state index contributed by atoms with van der Waals surface area (Å²) in [5, 5.41) is 0. The molecule has 1 rings (SSSR count). The van der Waals surface area contributed by atoms with Crippen molar-refractivity contribution in [2.45, 2.75) is 19.3 Å². The minimum absolute atomic E-state index is 0.606. The molecule has 0 saturated heterocycles. The van der Waals surface area contributed by atoms with Gasteiger partial charge in [0, 0.05) is 0 Å². The second-order valence-corrected chi connectivity index (χ2v) is 2.89. The molecule has 0 saturated carbocycles. The van der Waals surface area contributed by atoms with E-state index in [1.165, 1.54) is 5.56 Å². The van der Waals surface area contributed by atoms with Gasteiger partial charge in [-0.25, -0.2) is 0 Å². The van der Waals surface area contributed by atoms with Gasteiger partial charge in [0.15, 0.2) is 0 Å². The van der Waals surface area contributed by atoms with Crippen LogP contribution in [0.2, 0.25) is 0 Å². The van der Waals surface area contributed by atoms with Crippen LogP contribution in [0.25, 0.3) is 0 Å². The van der Waals surface area contributed by atoms with Crippen LogP contribution in [0.3, 0.4) is 0 Å². The zero-order valence-electron chi connectivity index (χ0n) is 7.57. The van der Waals surface area contributed by atoms with Gasteiger partial charge in [-0.15, -0.1) is 0 Å². The smallest absolute Gasteiger partial charge is 0.134 e. The van der Waals surface area contributed by atoms with Crippen LogP contribution in [0.1, 0.15) is 24.0 Å². The molecular weight excluding hydrogens is 164 g/mol. The maximum Gasteiger partial charge on any atom is 0.134 e. The van der Waals surface area contributed by atoms with Crippen molar-refractivity contribution in [1.29, 1.82) is 0 Å². The van der Waals surface area contributed by atoms with Crippen molar-refractivity contribution in [3.05, 3.63) is 35.4 Å². The quantitative estimate of drug-likeness (QED) is 0.517. The highest BCUT2D eigenvalue weighted by molar-refractivity contribution is 5.84. The topological polar surface area (TPSA) is 34.1 Å². The molecule has 0 aliphatic heterocycles. The molecule has 0 unspecified atom stereocenters. The number of carbonyl (C=O) groups is 2. The van der Waals surface area contributed by atoms with Crippen molar-refractivity contribution in [3.8, 4) is 0 Å². The van der Waals surface area contributed by atoms with Crippen molar-refractivity contribution in [2.75, 3.05) is 0 Å². The van der Waals surface area contributed by atoms with Crippen LogP contribution in [0, 0.1) is 0 Å². The summed E-state index contributed by atoms with van der Waals surface area (Å²) < 4.78 is 0. The van der Waals surface area contributed by atoms with Crippen molar-refractivity contribution in [3.63, 3.8) is 0 Å². The molecule has 0 radical (unpaired) electrons. The van der Waals surface area contributed by atoms with Gasteiger partial charge in [-0.1, -0.05) is 31.2 Å². The number of aryl methyl sites for hydroxylation is 1. The molecule has 0 atom stereocenters. The molecule has 0 heterocycles. The largest absolute Gasteiger partial charge is 0.302 e. The number of hydrogen-bond donors (Lipinski definition) is 0. The molecule has 2 heteroatoms. The van der Waals surface area contributed by atoms with E-state index >= 15 is 0 Å². The van der Waals surface area contributed by atoms with Crippen LogP contribution in [0.5, 0.6) is 0 Å². The van der Waals surface area contributed by atoms with Gasteiger partial charge in [-0.2, -0.15) is 0 Å². The first-order valence-corrected chi connectivity index (χ1v) is 4.31. The molecular formula is C11H12O2. The Morgan fingerprint density at radius 3 is 2.08 bits per heavy atom. The van der Waals surface area contributed by atoms with Crippen LogP contribution in [0.4, 0.5) is 0 Å². The minimum Gasteiger partial charge on any atom is -0.302 e. The molecule has 0 aliphatic carbocycles. The maximum atomic E-state index is 10.5. The summed E-state index contributed by atoms with van der Waals surface area (Å²) in [4.78, 5) is 20.9. The Bertz CT molecular complexity index is 279. The highest BCUT2D eigenvalue weighted by atomic mass is 16.1. The third-order valence-electron chi connectivity index (χ3n) is 2.07. The normalized spacial score (nSPS) is 10.0. The number of aldehydes is 2. The monoisotopic (exact) mass is 176 g/mol. The molecule has 0 bridgehead atoms. The van der Waals surface area contributed by atoms with E-state index in [9.17, 15) is 9.59 Å². The van der Waals surface area contributed by atoms with Gasteiger partial charge in [-0.3, -0.25) is 0 Å². The summed E-state index contributed by atoms with van der Waals surface area (Å²) >= 11 is 0. The maximum absolute atomic E-state index is 10.5. The lowest BCUT2D eigenvalue weighted by Crippen LogP contribution is -2.01. The van der Waals surface area contributed by atoms with Crippen molar-refractivity contribution in [1.82, 2.24) is 0 Å². The third-order valence-corrected chi connectivity index (χ3v) is 2.07. The van der Waals surface area contributed by atoms with Crippen LogP contribution < -0.4 is 0 Å². The first-order chi connectivity index (χ1) is 6.31. The van der Waals surface area contributed by atoms with Gasteiger partial charge in [0.1, 0.15) is 12.6 Å². The van der Waals surface area contributed by atoms with Crippen LogP contribution in [-0.2, 0) is 16.0 Å². The van der Waals surface area contributed by atoms with Crippen LogP contribution in [-0.4, -0.2) is 12.6 Å².